The molecule has 0 bridgehead atoms. The molecule has 4 aromatic rings. The Balaban J connectivity index is 1.37. The first-order chi connectivity index (χ1) is 16.3. The van der Waals surface area contributed by atoms with Crippen LogP contribution in [0.25, 0.3) is 5.69 Å². The molecule has 1 aliphatic rings. The smallest absolute Gasteiger partial charge is 0.170 e. The van der Waals surface area contributed by atoms with Crippen LogP contribution in [0, 0.1) is 0 Å². The van der Waals surface area contributed by atoms with E-state index in [0.717, 1.165) is 41.7 Å². The molecule has 0 aliphatic carbocycles. The fraction of sp³-hybridized carbons (Fsp3) is 0.185. The molecule has 33 heavy (non-hydrogen) atoms. The van der Waals surface area contributed by atoms with E-state index in [2.05, 4.69) is 86.0 Å². The van der Waals surface area contributed by atoms with Gasteiger partial charge in [0.1, 0.15) is 0 Å². The van der Waals surface area contributed by atoms with Crippen molar-refractivity contribution < 1.29 is 0 Å². The van der Waals surface area contributed by atoms with E-state index in [-0.39, 0.29) is 12.1 Å². The molecular weight excluding hydrogens is 426 g/mol. The highest BCUT2D eigenvalue weighted by atomic mass is 32.1. The zero-order valence-corrected chi connectivity index (χ0v) is 19.2. The number of nitrogens with one attached hydrogen (secondary N) is 2. The van der Waals surface area contributed by atoms with E-state index in [1.165, 1.54) is 5.56 Å². The van der Waals surface area contributed by atoms with Crippen molar-refractivity contribution in [3.63, 3.8) is 0 Å². The molecule has 0 radical (unpaired) electrons. The van der Waals surface area contributed by atoms with Gasteiger partial charge in [-0.05, 0) is 66.7 Å². The van der Waals surface area contributed by atoms with Crippen LogP contribution in [0.4, 0.5) is 5.69 Å². The Labute approximate surface area is 200 Å². The van der Waals surface area contributed by atoms with Gasteiger partial charge in [-0.25, -0.2) is 0 Å². The van der Waals surface area contributed by atoms with E-state index in [1.807, 2.05) is 42.6 Å². The quantitative estimate of drug-likeness (QED) is 0.278. The van der Waals surface area contributed by atoms with Crippen LogP contribution in [-0.2, 0) is 0 Å². The number of pyridine rings is 1. The third-order valence-electron chi connectivity index (χ3n) is 5.99. The third-order valence-corrected chi connectivity index (χ3v) is 6.34. The standard InChI is InChI=1S/C27H27N5S/c33-27-30-25(24-14-7-8-16-29-24)26(21-15-19-31(20-21)23-12-5-2-6-13-23)32(27)18-9-17-28-22-10-3-1-4-11-22/h1-8,10-16,19-20,25-26,28H,9,17-18H2,(H,30,33). The van der Waals surface area contributed by atoms with Crippen LogP contribution in [0.1, 0.15) is 29.8 Å². The van der Waals surface area contributed by atoms with Crippen molar-refractivity contribution in [2.45, 2.75) is 18.5 Å². The molecule has 2 atom stereocenters. The molecule has 5 rings (SSSR count). The van der Waals surface area contributed by atoms with E-state index in [4.69, 9.17) is 12.2 Å². The summed E-state index contributed by atoms with van der Waals surface area (Å²) in [4.78, 5) is 6.95. The topological polar surface area (TPSA) is 45.1 Å². The Kier molecular flexibility index (Phi) is 6.35. The van der Waals surface area contributed by atoms with Gasteiger partial charge in [0.25, 0.3) is 0 Å². The predicted octanol–water partition coefficient (Wildman–Crippen LogP) is 5.35. The summed E-state index contributed by atoms with van der Waals surface area (Å²) in [5.74, 6) is 0. The summed E-state index contributed by atoms with van der Waals surface area (Å²) < 4.78 is 2.17. The van der Waals surface area contributed by atoms with Gasteiger partial charge in [0.2, 0.25) is 0 Å². The van der Waals surface area contributed by atoms with Gasteiger partial charge in [-0.3, -0.25) is 4.98 Å². The van der Waals surface area contributed by atoms with Crippen molar-refractivity contribution in [1.29, 1.82) is 0 Å². The van der Waals surface area contributed by atoms with Gasteiger partial charge >= 0.3 is 0 Å². The second-order valence-corrected chi connectivity index (χ2v) is 8.54. The molecule has 5 nitrogen and oxygen atoms in total. The van der Waals surface area contributed by atoms with Crippen molar-refractivity contribution in [2.75, 3.05) is 18.4 Å². The Morgan fingerprint density at radius 3 is 2.42 bits per heavy atom. The number of anilines is 1. The summed E-state index contributed by atoms with van der Waals surface area (Å²) in [6, 6.07) is 29.0. The Hall–Kier alpha value is -3.64. The van der Waals surface area contributed by atoms with E-state index in [9.17, 15) is 0 Å². The SMILES string of the molecule is S=C1NC(c2ccccn2)C(c2ccn(-c3ccccc3)c2)N1CCCNc1ccccc1. The molecule has 0 spiro atoms. The predicted molar refractivity (Wildman–Crippen MR) is 137 cm³/mol. The largest absolute Gasteiger partial charge is 0.385 e. The molecule has 1 fully saturated rings. The average Bonchev–Trinajstić information content (AvgIpc) is 3.48. The van der Waals surface area contributed by atoms with Gasteiger partial charge in [0, 0.05) is 43.1 Å². The Morgan fingerprint density at radius 2 is 1.67 bits per heavy atom. The van der Waals surface area contributed by atoms with Crippen LogP contribution in [0.3, 0.4) is 0 Å². The highest BCUT2D eigenvalue weighted by Crippen LogP contribution is 2.39. The summed E-state index contributed by atoms with van der Waals surface area (Å²) in [5, 5.41) is 7.82. The maximum atomic E-state index is 5.80. The number of hydrogen-bond donors (Lipinski definition) is 2. The van der Waals surface area contributed by atoms with Gasteiger partial charge in [-0.1, -0.05) is 42.5 Å². The first kappa shape index (κ1) is 21.2. The maximum absolute atomic E-state index is 5.80. The Morgan fingerprint density at radius 1 is 0.909 bits per heavy atom. The second kappa shape index (κ2) is 9.88. The molecule has 1 saturated heterocycles. The highest BCUT2D eigenvalue weighted by molar-refractivity contribution is 7.80. The minimum absolute atomic E-state index is 0.00686. The number of thiocarbonyl (C=S) groups is 1. The van der Waals surface area contributed by atoms with Crippen LogP contribution in [0.5, 0.6) is 0 Å². The van der Waals surface area contributed by atoms with Crippen molar-refractivity contribution in [1.82, 2.24) is 19.8 Å². The lowest BCUT2D eigenvalue weighted by Gasteiger charge is -2.27. The van der Waals surface area contributed by atoms with Gasteiger partial charge in [-0.2, -0.15) is 0 Å². The van der Waals surface area contributed by atoms with Crippen LogP contribution in [-0.4, -0.2) is 32.7 Å². The highest BCUT2D eigenvalue weighted by Gasteiger charge is 2.39. The normalized spacial score (nSPS) is 17.7. The molecule has 6 heteroatoms. The lowest BCUT2D eigenvalue weighted by atomic mass is 9.99. The summed E-state index contributed by atoms with van der Waals surface area (Å²) in [6.07, 6.45) is 7.15. The van der Waals surface area contributed by atoms with Crippen LogP contribution >= 0.6 is 12.2 Å². The first-order valence-corrected chi connectivity index (χ1v) is 11.7. The summed E-state index contributed by atoms with van der Waals surface area (Å²) in [6.45, 7) is 1.74. The summed E-state index contributed by atoms with van der Waals surface area (Å²) in [5.41, 5.74) is 4.51. The molecule has 1 aliphatic heterocycles. The number of aromatic nitrogens is 2. The summed E-state index contributed by atoms with van der Waals surface area (Å²) in [7, 11) is 0. The van der Waals surface area contributed by atoms with E-state index < -0.39 is 0 Å². The van der Waals surface area contributed by atoms with Crippen molar-refractivity contribution in [2.24, 2.45) is 0 Å². The number of benzene rings is 2. The fourth-order valence-corrected chi connectivity index (χ4v) is 4.73. The van der Waals surface area contributed by atoms with E-state index in [0.29, 0.717) is 0 Å². The van der Waals surface area contributed by atoms with Gasteiger partial charge in [0.15, 0.2) is 5.11 Å². The van der Waals surface area contributed by atoms with E-state index in [1.54, 1.807) is 0 Å². The molecule has 0 saturated carbocycles. The van der Waals surface area contributed by atoms with Crippen LogP contribution in [0.2, 0.25) is 0 Å². The zero-order chi connectivity index (χ0) is 22.5. The minimum Gasteiger partial charge on any atom is -0.385 e. The molecular formula is C27H27N5S. The number of nitrogens with zero attached hydrogens (tertiary/aromatic N) is 3. The van der Waals surface area contributed by atoms with Gasteiger partial charge in [-0.15, -0.1) is 0 Å². The van der Waals surface area contributed by atoms with Crippen molar-refractivity contribution in [3.8, 4) is 5.69 Å². The number of hydrogen-bond acceptors (Lipinski definition) is 3. The van der Waals surface area contributed by atoms with Crippen molar-refractivity contribution >= 4 is 23.0 Å². The van der Waals surface area contributed by atoms with E-state index >= 15 is 0 Å². The molecule has 3 heterocycles. The molecule has 2 N–H and O–H groups in total. The number of rotatable bonds is 8. The fourth-order valence-electron chi connectivity index (χ4n) is 4.40. The zero-order valence-electron chi connectivity index (χ0n) is 18.3. The minimum atomic E-state index is 0.00686. The molecule has 0 amide bonds. The second-order valence-electron chi connectivity index (χ2n) is 8.15. The lowest BCUT2D eigenvalue weighted by molar-refractivity contribution is 0.316. The first-order valence-electron chi connectivity index (χ1n) is 11.3. The monoisotopic (exact) mass is 453 g/mol. The third kappa shape index (κ3) is 4.76. The maximum Gasteiger partial charge on any atom is 0.170 e. The summed E-state index contributed by atoms with van der Waals surface area (Å²) >= 11 is 5.80. The van der Waals surface area contributed by atoms with Crippen molar-refractivity contribution in [3.05, 3.63) is 115 Å². The lowest BCUT2D eigenvalue weighted by Crippen LogP contribution is -2.31. The van der Waals surface area contributed by atoms with Crippen LogP contribution in [0.15, 0.2) is 104 Å². The van der Waals surface area contributed by atoms with Gasteiger partial charge in [0.05, 0.1) is 17.8 Å². The average molecular weight is 454 g/mol. The molecule has 2 aromatic carbocycles. The molecule has 166 valence electrons. The molecule has 2 unspecified atom stereocenters. The number of para-hydroxylation sites is 2. The molecule has 2 aromatic heterocycles. The van der Waals surface area contributed by atoms with Crippen LogP contribution < -0.4 is 10.6 Å². The Bertz CT molecular complexity index is 1180. The van der Waals surface area contributed by atoms with Gasteiger partial charge < -0.3 is 20.1 Å².